The third kappa shape index (κ3) is 78.0. The van der Waals surface area contributed by atoms with Crippen LogP contribution in [0.25, 0.3) is 0 Å². The molecule has 0 aliphatic heterocycles. The Labute approximate surface area is 632 Å². The van der Waals surface area contributed by atoms with Crippen molar-refractivity contribution in [2.24, 2.45) is 11.8 Å². The maximum Gasteiger partial charge on any atom is 0.472 e. The first-order valence-electron chi connectivity index (χ1n) is 43.5. The van der Waals surface area contributed by atoms with Crippen LogP contribution in [0.1, 0.15) is 446 Å². The molecule has 0 fully saturated rings. The number of aliphatic hydroxyl groups is 1. The minimum atomic E-state index is -4.96. The van der Waals surface area contributed by atoms with Crippen LogP contribution in [-0.2, 0) is 65.4 Å². The molecule has 612 valence electrons. The molecule has 3 N–H and O–H groups in total. The molecule has 0 aromatic rings. The second kappa shape index (κ2) is 75.5. The Morgan fingerprint density at radius 1 is 0.262 bits per heavy atom. The Kier molecular flexibility index (Phi) is 74.1. The maximum absolute atomic E-state index is 13.1. The van der Waals surface area contributed by atoms with Crippen LogP contribution >= 0.6 is 15.6 Å². The Morgan fingerprint density at radius 3 is 0.660 bits per heavy atom. The van der Waals surface area contributed by atoms with Gasteiger partial charge in [0.1, 0.15) is 19.3 Å². The molecule has 19 heteroatoms. The molecule has 0 spiro atoms. The predicted molar refractivity (Wildman–Crippen MR) is 423 cm³/mol. The number of hydrogen-bond acceptors (Lipinski definition) is 15. The highest BCUT2D eigenvalue weighted by molar-refractivity contribution is 7.47. The van der Waals surface area contributed by atoms with Crippen molar-refractivity contribution >= 4 is 39.5 Å². The Morgan fingerprint density at radius 2 is 0.447 bits per heavy atom. The zero-order valence-electron chi connectivity index (χ0n) is 67.6. The van der Waals surface area contributed by atoms with Crippen molar-refractivity contribution in [1.82, 2.24) is 0 Å². The standard InChI is InChI=1S/C84H164O17P2/c1-7-9-11-13-15-17-19-21-22-23-24-25-26-27-28-29-30-38-44-50-56-62-68-83(88)100-79(73-95-82(87)67-61-55-49-43-37-32-31-34-40-46-52-58-64-76(3)4)74-98-102(90,91)96-70-78(85)71-97-103(92,93)99-75-80(72-94-81(86)66-60-54-48-42-36-20-18-16-14-12-10-8-2)101-84(89)69-63-57-51-45-39-33-35-41-47-53-59-65-77(5)6/h76-80,85H,7-75H2,1-6H3,(H,90,91)(H,92,93)/t78-,79-,80-/m1/s1. The van der Waals surface area contributed by atoms with Gasteiger partial charge < -0.3 is 33.8 Å². The van der Waals surface area contributed by atoms with Gasteiger partial charge in [-0.15, -0.1) is 0 Å². The highest BCUT2D eigenvalue weighted by Gasteiger charge is 2.30. The van der Waals surface area contributed by atoms with Gasteiger partial charge in [-0.25, -0.2) is 9.13 Å². The number of phosphoric acid groups is 2. The van der Waals surface area contributed by atoms with E-state index in [0.717, 1.165) is 102 Å². The number of phosphoric ester groups is 2. The monoisotopic (exact) mass is 1510 g/mol. The summed E-state index contributed by atoms with van der Waals surface area (Å²) in [7, 11) is -9.92. The summed E-state index contributed by atoms with van der Waals surface area (Å²) >= 11 is 0. The lowest BCUT2D eigenvalue weighted by atomic mass is 10.0. The van der Waals surface area contributed by atoms with Gasteiger partial charge in [-0.1, -0.05) is 395 Å². The number of rotatable bonds is 83. The summed E-state index contributed by atoms with van der Waals surface area (Å²) in [5, 5.41) is 10.7. The SMILES string of the molecule is CCCCCCCCCCCCCCCCCCCCCCCCC(=O)O[C@H](COC(=O)CCCCCCCCCCCCCCC(C)C)COP(=O)(O)OC[C@@H](O)COP(=O)(O)OC[C@@H](COC(=O)CCCCCCCCCCCCCC)OC(=O)CCCCCCCCCCCCCC(C)C. The third-order valence-electron chi connectivity index (χ3n) is 19.7. The van der Waals surface area contributed by atoms with Gasteiger partial charge in [-0.3, -0.25) is 37.3 Å². The molecule has 0 radical (unpaired) electrons. The molecule has 0 heterocycles. The molecule has 0 aromatic carbocycles. The van der Waals surface area contributed by atoms with Crippen LogP contribution in [-0.4, -0.2) is 96.7 Å². The number of unbranched alkanes of at least 4 members (excludes halogenated alkanes) is 53. The van der Waals surface area contributed by atoms with Gasteiger partial charge in [0, 0.05) is 25.7 Å². The normalized spacial score (nSPS) is 13.9. The summed E-state index contributed by atoms with van der Waals surface area (Å²) in [4.78, 5) is 73.1. The van der Waals surface area contributed by atoms with Crippen molar-refractivity contribution in [1.29, 1.82) is 0 Å². The van der Waals surface area contributed by atoms with Gasteiger partial charge >= 0.3 is 39.5 Å². The number of carbonyl (C=O) groups is 4. The first kappa shape index (κ1) is 101. The lowest BCUT2D eigenvalue weighted by molar-refractivity contribution is -0.161. The van der Waals surface area contributed by atoms with Gasteiger partial charge in [0.2, 0.25) is 0 Å². The van der Waals surface area contributed by atoms with E-state index in [9.17, 15) is 43.2 Å². The highest BCUT2D eigenvalue weighted by Crippen LogP contribution is 2.45. The molecule has 0 saturated carbocycles. The lowest BCUT2D eigenvalue weighted by Gasteiger charge is -2.21. The quantitative estimate of drug-likeness (QED) is 0.0222. The first-order chi connectivity index (χ1) is 49.9. The molecule has 5 atom stereocenters. The number of carbonyl (C=O) groups excluding carboxylic acids is 4. The zero-order valence-corrected chi connectivity index (χ0v) is 69.4. The lowest BCUT2D eigenvalue weighted by Crippen LogP contribution is -2.30. The Hall–Kier alpha value is -1.94. The summed E-state index contributed by atoms with van der Waals surface area (Å²) in [6.07, 6.45) is 66.6. The molecular formula is C84H164O17P2. The van der Waals surface area contributed by atoms with Crippen LogP contribution in [0.15, 0.2) is 0 Å². The van der Waals surface area contributed by atoms with E-state index < -0.39 is 97.5 Å². The first-order valence-corrected chi connectivity index (χ1v) is 46.5. The number of hydrogen-bond donors (Lipinski definition) is 3. The van der Waals surface area contributed by atoms with E-state index in [0.29, 0.717) is 25.7 Å². The summed E-state index contributed by atoms with van der Waals surface area (Å²) < 4.78 is 68.8. The van der Waals surface area contributed by atoms with Crippen LogP contribution in [0.4, 0.5) is 0 Å². The summed E-state index contributed by atoms with van der Waals surface area (Å²) in [6, 6.07) is 0. The fourth-order valence-corrected chi connectivity index (χ4v) is 14.6. The van der Waals surface area contributed by atoms with Crippen LogP contribution in [0, 0.1) is 11.8 Å². The average Bonchev–Trinajstić information content (AvgIpc) is 0.908. The average molecular weight is 1510 g/mol. The molecule has 0 rings (SSSR count). The largest absolute Gasteiger partial charge is 0.472 e. The van der Waals surface area contributed by atoms with Crippen LogP contribution in [0.5, 0.6) is 0 Å². The van der Waals surface area contributed by atoms with Gasteiger partial charge in [0.05, 0.1) is 26.4 Å². The Bertz CT molecular complexity index is 1980. The van der Waals surface area contributed by atoms with Crippen LogP contribution < -0.4 is 0 Å². The summed E-state index contributed by atoms with van der Waals surface area (Å²) in [5.41, 5.74) is 0. The third-order valence-corrected chi connectivity index (χ3v) is 21.6. The topological polar surface area (TPSA) is 237 Å². The van der Waals surface area contributed by atoms with Gasteiger partial charge in [-0.2, -0.15) is 0 Å². The smallest absolute Gasteiger partial charge is 0.462 e. The summed E-state index contributed by atoms with van der Waals surface area (Å²) in [6.45, 7) is 9.67. The van der Waals surface area contributed by atoms with Gasteiger partial charge in [0.15, 0.2) is 12.2 Å². The fourth-order valence-electron chi connectivity index (χ4n) is 13.1. The van der Waals surface area contributed by atoms with E-state index in [2.05, 4.69) is 41.5 Å². The maximum atomic E-state index is 13.1. The Balaban J connectivity index is 5.23. The second-order valence-electron chi connectivity index (χ2n) is 31.2. The van der Waals surface area contributed by atoms with Crippen molar-refractivity contribution in [2.45, 2.75) is 464 Å². The van der Waals surface area contributed by atoms with Gasteiger partial charge in [-0.05, 0) is 37.5 Å². The van der Waals surface area contributed by atoms with Crippen molar-refractivity contribution in [3.05, 3.63) is 0 Å². The molecule has 103 heavy (non-hydrogen) atoms. The van der Waals surface area contributed by atoms with E-state index in [1.807, 2.05) is 0 Å². The van der Waals surface area contributed by atoms with E-state index in [4.69, 9.17) is 37.0 Å². The minimum Gasteiger partial charge on any atom is -0.462 e. The van der Waals surface area contributed by atoms with Gasteiger partial charge in [0.25, 0.3) is 0 Å². The van der Waals surface area contributed by atoms with E-state index >= 15 is 0 Å². The molecule has 0 bridgehead atoms. The molecule has 0 saturated heterocycles. The molecule has 0 aliphatic carbocycles. The van der Waals surface area contributed by atoms with Crippen molar-refractivity contribution in [3.63, 3.8) is 0 Å². The molecule has 2 unspecified atom stereocenters. The number of esters is 4. The zero-order chi connectivity index (χ0) is 75.6. The number of aliphatic hydroxyl groups excluding tert-OH is 1. The van der Waals surface area contributed by atoms with E-state index in [1.54, 1.807) is 0 Å². The minimum absolute atomic E-state index is 0.107. The van der Waals surface area contributed by atoms with E-state index in [1.165, 1.54) is 263 Å². The molecule has 0 aromatic heterocycles. The molecule has 17 nitrogen and oxygen atoms in total. The molecule has 0 amide bonds. The van der Waals surface area contributed by atoms with Crippen LogP contribution in [0.3, 0.4) is 0 Å². The highest BCUT2D eigenvalue weighted by atomic mass is 31.2. The second-order valence-corrected chi connectivity index (χ2v) is 34.1. The van der Waals surface area contributed by atoms with Crippen molar-refractivity contribution in [3.8, 4) is 0 Å². The number of ether oxygens (including phenoxy) is 4. The molecule has 0 aliphatic rings. The predicted octanol–water partition coefficient (Wildman–Crippen LogP) is 25.5. The van der Waals surface area contributed by atoms with Crippen molar-refractivity contribution in [2.75, 3.05) is 39.6 Å². The fraction of sp³-hybridized carbons (Fsp3) is 0.952. The molecular weight excluding hydrogens is 1340 g/mol. The van der Waals surface area contributed by atoms with E-state index in [-0.39, 0.29) is 25.7 Å². The van der Waals surface area contributed by atoms with Crippen molar-refractivity contribution < 1.29 is 80.2 Å². The summed E-state index contributed by atoms with van der Waals surface area (Å²) in [5.74, 6) is -0.558. The van der Waals surface area contributed by atoms with Crippen LogP contribution in [0.2, 0.25) is 0 Å².